The molecule has 5 nitrogen and oxygen atoms in total. The molecule has 3 radical (unpaired) electrons. The first-order chi connectivity index (χ1) is 8.38. The zero-order valence-electron chi connectivity index (χ0n) is 13.7. The second-order valence-electron chi connectivity index (χ2n) is 5.68. The van der Waals surface area contributed by atoms with Crippen LogP contribution in [0.3, 0.4) is 0 Å². The molecular formula is C13H28N5Ru3+4. The molecule has 0 spiro atoms. The van der Waals surface area contributed by atoms with E-state index in [1.54, 1.807) is 0 Å². The van der Waals surface area contributed by atoms with Crippen LogP contribution < -0.4 is 4.57 Å². The molecule has 0 saturated carbocycles. The molecule has 21 heavy (non-hydrogen) atoms. The summed E-state index contributed by atoms with van der Waals surface area (Å²) in [5.41, 5.74) is 0. The van der Waals surface area contributed by atoms with Gasteiger partial charge in [0.1, 0.15) is 19.1 Å². The van der Waals surface area contributed by atoms with Crippen molar-refractivity contribution >= 4 is 0 Å². The minimum absolute atomic E-state index is 0. The Bertz CT molecular complexity index is 357. The van der Waals surface area contributed by atoms with Crippen molar-refractivity contribution in [3.05, 3.63) is 18.7 Å². The fraction of sp³-hybridized carbons (Fsp3) is 0.769. The number of hydrogen-bond donors (Lipinski definition) is 0. The van der Waals surface area contributed by atoms with Crippen LogP contribution in [-0.4, -0.2) is 60.8 Å². The van der Waals surface area contributed by atoms with E-state index in [9.17, 15) is 0 Å². The molecule has 1 aromatic heterocycles. The van der Waals surface area contributed by atoms with Crippen LogP contribution in [0.1, 0.15) is 19.9 Å². The summed E-state index contributed by atoms with van der Waals surface area (Å²) in [6.45, 7) is 7.23. The van der Waals surface area contributed by atoms with Crippen LogP contribution in [0.25, 0.3) is 0 Å². The van der Waals surface area contributed by atoms with Crippen molar-refractivity contribution in [2.24, 2.45) is 0 Å². The summed E-state index contributed by atoms with van der Waals surface area (Å²) in [7, 11) is 8.47. The van der Waals surface area contributed by atoms with Crippen LogP contribution in [-0.2, 0) is 65.1 Å². The van der Waals surface area contributed by atoms with E-state index in [1.807, 2.05) is 0 Å². The molecule has 0 unspecified atom stereocenters. The molecule has 1 rings (SSSR count). The maximum Gasteiger partial charge on any atom is 1.00 e. The van der Waals surface area contributed by atoms with Crippen LogP contribution in [0.5, 0.6) is 0 Å². The van der Waals surface area contributed by atoms with Crippen molar-refractivity contribution in [2.45, 2.75) is 26.6 Å². The van der Waals surface area contributed by atoms with E-state index in [1.165, 1.54) is 0 Å². The van der Waals surface area contributed by atoms with Gasteiger partial charge in [-0.3, -0.25) is 14.7 Å². The molecular weight excluding hydrogens is 529 g/mol. The van der Waals surface area contributed by atoms with Gasteiger partial charge in [-0.15, -0.1) is 0 Å². The summed E-state index contributed by atoms with van der Waals surface area (Å²) in [5.74, 6) is 0. The molecule has 0 atom stereocenters. The zero-order valence-corrected chi connectivity index (χ0v) is 18.9. The molecule has 0 aliphatic rings. The number of aromatic nitrogens is 2. The molecule has 0 fully saturated rings. The third-order valence-corrected chi connectivity index (χ3v) is 2.72. The topological polar surface area (TPSA) is 18.5 Å². The molecule has 0 aromatic carbocycles. The van der Waals surface area contributed by atoms with Gasteiger partial charge in [-0.2, -0.15) is 0 Å². The largest absolute Gasteiger partial charge is 1.00 e. The summed E-state index contributed by atoms with van der Waals surface area (Å²) >= 11 is 0. The second kappa shape index (κ2) is 13.4. The molecule has 0 amide bonds. The second-order valence-corrected chi connectivity index (χ2v) is 5.68. The predicted molar refractivity (Wildman–Crippen MR) is 74.0 cm³/mol. The number of imidazole rings is 1. The van der Waals surface area contributed by atoms with Crippen molar-refractivity contribution in [1.82, 2.24) is 19.3 Å². The van der Waals surface area contributed by atoms with E-state index in [0.29, 0.717) is 6.04 Å². The van der Waals surface area contributed by atoms with Crippen LogP contribution >= 0.6 is 0 Å². The molecule has 0 saturated heterocycles. The third-order valence-electron chi connectivity index (χ3n) is 2.72. The van der Waals surface area contributed by atoms with Gasteiger partial charge in [0.15, 0.2) is 0 Å². The van der Waals surface area contributed by atoms with Crippen molar-refractivity contribution in [2.75, 3.05) is 41.5 Å². The van der Waals surface area contributed by atoms with Gasteiger partial charge >= 0.3 is 58.4 Å². The van der Waals surface area contributed by atoms with E-state index >= 15 is 0 Å². The summed E-state index contributed by atoms with van der Waals surface area (Å²) < 4.78 is 4.43. The normalized spacial score (nSPS) is 10.6. The van der Waals surface area contributed by atoms with Crippen molar-refractivity contribution in [3.8, 4) is 0 Å². The van der Waals surface area contributed by atoms with Gasteiger partial charge in [-0.1, -0.05) is 0 Å². The number of nitrogens with zero attached hydrogens (tertiary/aromatic N) is 5. The average molecular weight is 558 g/mol. The van der Waals surface area contributed by atoms with Gasteiger partial charge < -0.3 is 0 Å². The fourth-order valence-corrected chi connectivity index (χ4v) is 2.06. The van der Waals surface area contributed by atoms with Crippen molar-refractivity contribution in [3.63, 3.8) is 0 Å². The first kappa shape index (κ1) is 26.8. The van der Waals surface area contributed by atoms with Gasteiger partial charge in [0.05, 0.1) is 19.4 Å². The van der Waals surface area contributed by atoms with Crippen molar-refractivity contribution in [1.29, 1.82) is 0 Å². The molecule has 1 aromatic rings. The van der Waals surface area contributed by atoms with Crippen LogP contribution in [0, 0.1) is 0 Å². The molecule has 1 heterocycles. The fourth-order valence-electron chi connectivity index (χ4n) is 2.06. The minimum atomic E-state index is 0. The summed E-state index contributed by atoms with van der Waals surface area (Å²) in [6, 6.07) is 0.521. The van der Waals surface area contributed by atoms with Gasteiger partial charge in [-0.05, 0) is 42.0 Å². The Kier molecular flexibility index (Phi) is 17.1. The number of hydrogen-bond acceptors (Lipinski definition) is 3. The molecule has 0 N–H and O–H groups in total. The van der Waals surface area contributed by atoms with Gasteiger partial charge in [0.25, 0.3) is 0 Å². The Balaban J connectivity index is -0.00000108. The Morgan fingerprint density at radius 3 is 1.95 bits per heavy atom. The van der Waals surface area contributed by atoms with Gasteiger partial charge in [0, 0.05) is 0 Å². The maximum atomic E-state index is 2.30. The smallest absolute Gasteiger partial charge is 0.297 e. The minimum Gasteiger partial charge on any atom is -0.297 e. The quantitative estimate of drug-likeness (QED) is 0.279. The summed E-state index contributed by atoms with van der Waals surface area (Å²) in [6.07, 6.45) is 6.41. The zero-order chi connectivity index (χ0) is 13.7. The van der Waals surface area contributed by atoms with Gasteiger partial charge in [-0.25, -0.2) is 9.13 Å². The number of rotatable bonds is 7. The molecule has 125 valence electrons. The Morgan fingerprint density at radius 1 is 0.952 bits per heavy atom. The van der Waals surface area contributed by atoms with Crippen LogP contribution in [0.2, 0.25) is 0 Å². The van der Waals surface area contributed by atoms with Crippen LogP contribution in [0.4, 0.5) is 0 Å². The van der Waals surface area contributed by atoms with E-state index in [-0.39, 0.29) is 58.4 Å². The first-order valence-electron chi connectivity index (χ1n) is 6.47. The van der Waals surface area contributed by atoms with Crippen LogP contribution in [0.15, 0.2) is 18.7 Å². The third kappa shape index (κ3) is 11.2. The average Bonchev–Trinajstić information content (AvgIpc) is 2.63. The SMILES string of the molecule is CC(C)n1cc[n+](CN(C)CN(C)CN(C)C)c1.[Ru+].[Ru+].[Ru+]. The van der Waals surface area contributed by atoms with E-state index in [2.05, 4.69) is 84.6 Å². The van der Waals surface area contributed by atoms with Gasteiger partial charge in [0.2, 0.25) is 6.33 Å². The predicted octanol–water partition coefficient (Wildman–Crippen LogP) is 0.647. The molecule has 0 aliphatic heterocycles. The Morgan fingerprint density at radius 2 is 1.52 bits per heavy atom. The molecule has 0 bridgehead atoms. The Labute approximate surface area is 168 Å². The van der Waals surface area contributed by atoms with Crippen molar-refractivity contribution < 1.29 is 63.0 Å². The maximum absolute atomic E-state index is 2.30. The first-order valence-corrected chi connectivity index (χ1v) is 6.47. The molecule has 8 heteroatoms. The Hall–Kier alpha value is 0.960. The standard InChI is InChI=1S/C13H28N5.3Ru/c1-13(2)18-8-7-17(12-18)11-16(6)10-15(5)9-14(3)4;;;/h7-8,12-13H,9-11H2,1-6H3;;;/q4*+1. The van der Waals surface area contributed by atoms with E-state index < -0.39 is 0 Å². The summed E-state index contributed by atoms with van der Waals surface area (Å²) in [5, 5.41) is 0. The van der Waals surface area contributed by atoms with E-state index in [0.717, 1.165) is 20.0 Å². The van der Waals surface area contributed by atoms with E-state index in [4.69, 9.17) is 0 Å². The summed E-state index contributed by atoms with van der Waals surface area (Å²) in [4.78, 5) is 6.77. The molecule has 0 aliphatic carbocycles. The monoisotopic (exact) mass is 560 g/mol.